The van der Waals surface area contributed by atoms with E-state index in [-0.39, 0.29) is 18.3 Å². The Hall–Kier alpha value is -0.240. The van der Waals surface area contributed by atoms with E-state index in [0.29, 0.717) is 0 Å². The Kier molecular flexibility index (Phi) is 2.98. The molecule has 2 heterocycles. The lowest BCUT2D eigenvalue weighted by molar-refractivity contribution is -0.188. The molecule has 3 aliphatic rings. The summed E-state index contributed by atoms with van der Waals surface area (Å²) in [5, 5.41) is 10.4. The molecule has 19 heavy (non-hydrogen) atoms. The summed E-state index contributed by atoms with van der Waals surface area (Å²) >= 11 is 0. The van der Waals surface area contributed by atoms with Crippen LogP contribution in [0.15, 0.2) is 0 Å². The SMILES string of the molecule is COC1C(O)C2OC(C)(C)OC2C2OC(C)(C)OC12. The lowest BCUT2D eigenvalue weighted by atomic mass is 9.85. The first kappa shape index (κ1) is 13.7. The molecule has 0 aromatic heterocycles. The van der Waals surface area contributed by atoms with Gasteiger partial charge in [-0.05, 0) is 27.7 Å². The van der Waals surface area contributed by atoms with Crippen LogP contribution < -0.4 is 0 Å². The standard InChI is InChI=1S/C13H22O6/c1-12(2)16-8-6(14)7(15-5)9-11(10(8)18-12)19-13(3,4)17-9/h6-11,14H,1-5H3. The first-order valence-corrected chi connectivity index (χ1v) is 6.66. The normalized spacial score (nSPS) is 50.8. The molecule has 110 valence electrons. The number of hydrogen-bond donors (Lipinski definition) is 1. The molecule has 3 rings (SSSR count). The van der Waals surface area contributed by atoms with Gasteiger partial charge in [-0.1, -0.05) is 0 Å². The molecule has 0 bridgehead atoms. The van der Waals surface area contributed by atoms with Crippen LogP contribution >= 0.6 is 0 Å². The van der Waals surface area contributed by atoms with Crippen LogP contribution in [-0.4, -0.2) is 60.4 Å². The van der Waals surface area contributed by atoms with Crippen molar-refractivity contribution in [3.8, 4) is 0 Å². The number of methoxy groups -OCH3 is 1. The van der Waals surface area contributed by atoms with Gasteiger partial charge in [-0.25, -0.2) is 0 Å². The summed E-state index contributed by atoms with van der Waals surface area (Å²) in [6.45, 7) is 7.35. The van der Waals surface area contributed by atoms with Crippen molar-refractivity contribution < 1.29 is 28.8 Å². The lowest BCUT2D eigenvalue weighted by Crippen LogP contribution is -2.62. The molecule has 1 aliphatic carbocycles. The third kappa shape index (κ3) is 2.11. The summed E-state index contributed by atoms with van der Waals surface area (Å²) in [5.41, 5.74) is 0. The van der Waals surface area contributed by atoms with Crippen molar-refractivity contribution in [1.29, 1.82) is 0 Å². The predicted molar refractivity (Wildman–Crippen MR) is 64.5 cm³/mol. The molecular formula is C13H22O6. The molecule has 6 atom stereocenters. The Balaban J connectivity index is 1.93. The monoisotopic (exact) mass is 274 g/mol. The average molecular weight is 274 g/mol. The van der Waals surface area contributed by atoms with E-state index in [9.17, 15) is 5.11 Å². The van der Waals surface area contributed by atoms with Crippen LogP contribution in [0.25, 0.3) is 0 Å². The second-order valence-electron chi connectivity index (χ2n) is 6.32. The smallest absolute Gasteiger partial charge is 0.164 e. The molecule has 1 N–H and O–H groups in total. The minimum atomic E-state index is -0.796. The zero-order chi connectivity index (χ0) is 14.0. The van der Waals surface area contributed by atoms with Gasteiger partial charge in [0.15, 0.2) is 11.6 Å². The van der Waals surface area contributed by atoms with Crippen LogP contribution in [0.4, 0.5) is 0 Å². The van der Waals surface area contributed by atoms with Crippen LogP contribution in [0.3, 0.4) is 0 Å². The molecule has 0 aromatic carbocycles. The molecule has 2 aliphatic heterocycles. The third-order valence-corrected chi connectivity index (χ3v) is 3.92. The summed E-state index contributed by atoms with van der Waals surface area (Å²) in [4.78, 5) is 0. The molecule has 0 radical (unpaired) electrons. The maximum absolute atomic E-state index is 10.4. The Bertz CT molecular complexity index is 368. The van der Waals surface area contributed by atoms with E-state index in [1.807, 2.05) is 27.7 Å². The maximum Gasteiger partial charge on any atom is 0.164 e. The number of aliphatic hydroxyl groups is 1. The van der Waals surface area contributed by atoms with Gasteiger partial charge in [-0.2, -0.15) is 0 Å². The van der Waals surface area contributed by atoms with E-state index in [1.54, 1.807) is 7.11 Å². The third-order valence-electron chi connectivity index (χ3n) is 3.92. The second-order valence-corrected chi connectivity index (χ2v) is 6.32. The van der Waals surface area contributed by atoms with E-state index >= 15 is 0 Å². The molecular weight excluding hydrogens is 252 g/mol. The summed E-state index contributed by atoms with van der Waals surface area (Å²) in [6.07, 6.45) is -2.73. The summed E-state index contributed by atoms with van der Waals surface area (Å²) < 4.78 is 28.8. The number of fused-ring (bicyclic) bond motifs is 3. The van der Waals surface area contributed by atoms with Gasteiger partial charge in [0.1, 0.15) is 36.6 Å². The zero-order valence-corrected chi connectivity index (χ0v) is 12.0. The van der Waals surface area contributed by atoms with Gasteiger partial charge in [0.2, 0.25) is 0 Å². The van der Waals surface area contributed by atoms with E-state index in [1.165, 1.54) is 0 Å². The number of ether oxygens (including phenoxy) is 5. The van der Waals surface area contributed by atoms with Crippen molar-refractivity contribution in [1.82, 2.24) is 0 Å². The van der Waals surface area contributed by atoms with E-state index < -0.39 is 29.9 Å². The van der Waals surface area contributed by atoms with Crippen molar-refractivity contribution in [2.75, 3.05) is 7.11 Å². The predicted octanol–water partition coefficient (Wildman–Crippen LogP) is 0.416. The van der Waals surface area contributed by atoms with Crippen molar-refractivity contribution in [2.45, 2.75) is 75.9 Å². The summed E-state index contributed by atoms with van der Waals surface area (Å²) in [7, 11) is 1.56. The summed E-state index contributed by atoms with van der Waals surface area (Å²) in [6, 6.07) is 0. The number of rotatable bonds is 1. The number of aliphatic hydroxyl groups excluding tert-OH is 1. The van der Waals surface area contributed by atoms with Crippen LogP contribution in [0, 0.1) is 0 Å². The van der Waals surface area contributed by atoms with Crippen LogP contribution in [0.2, 0.25) is 0 Å². The van der Waals surface area contributed by atoms with E-state index in [4.69, 9.17) is 23.7 Å². The lowest BCUT2D eigenvalue weighted by Gasteiger charge is -2.39. The van der Waals surface area contributed by atoms with Gasteiger partial charge >= 0.3 is 0 Å². The molecule has 6 nitrogen and oxygen atoms in total. The largest absolute Gasteiger partial charge is 0.387 e. The van der Waals surface area contributed by atoms with Gasteiger partial charge < -0.3 is 28.8 Å². The molecule has 1 saturated carbocycles. The van der Waals surface area contributed by atoms with Crippen molar-refractivity contribution in [3.63, 3.8) is 0 Å². The average Bonchev–Trinajstić information content (AvgIpc) is 2.75. The molecule has 0 amide bonds. The van der Waals surface area contributed by atoms with Gasteiger partial charge in [-0.15, -0.1) is 0 Å². The van der Waals surface area contributed by atoms with Gasteiger partial charge in [0, 0.05) is 7.11 Å². The van der Waals surface area contributed by atoms with Gasteiger partial charge in [-0.3, -0.25) is 0 Å². The minimum Gasteiger partial charge on any atom is -0.387 e. The van der Waals surface area contributed by atoms with Crippen LogP contribution in [0.1, 0.15) is 27.7 Å². The maximum atomic E-state index is 10.4. The van der Waals surface area contributed by atoms with Crippen molar-refractivity contribution in [2.24, 2.45) is 0 Å². The van der Waals surface area contributed by atoms with E-state index in [2.05, 4.69) is 0 Å². The van der Waals surface area contributed by atoms with Crippen molar-refractivity contribution >= 4 is 0 Å². The molecule has 3 fully saturated rings. The fraction of sp³-hybridized carbons (Fsp3) is 1.00. The molecule has 2 saturated heterocycles. The highest BCUT2D eigenvalue weighted by molar-refractivity contribution is 5.08. The van der Waals surface area contributed by atoms with Crippen LogP contribution in [0.5, 0.6) is 0 Å². The van der Waals surface area contributed by atoms with Crippen molar-refractivity contribution in [3.05, 3.63) is 0 Å². The minimum absolute atomic E-state index is 0.296. The molecule has 0 aromatic rings. The fourth-order valence-electron chi connectivity index (χ4n) is 3.32. The summed E-state index contributed by atoms with van der Waals surface area (Å²) in [5.74, 6) is -1.45. The Morgan fingerprint density at radius 2 is 1.21 bits per heavy atom. The second kappa shape index (κ2) is 4.13. The molecule has 6 unspecified atom stereocenters. The quantitative estimate of drug-likeness (QED) is 0.747. The molecule has 0 spiro atoms. The van der Waals surface area contributed by atoms with Crippen LogP contribution in [-0.2, 0) is 23.7 Å². The zero-order valence-electron chi connectivity index (χ0n) is 12.0. The first-order chi connectivity index (χ1) is 8.74. The Morgan fingerprint density at radius 1 is 0.789 bits per heavy atom. The Morgan fingerprint density at radius 3 is 1.74 bits per heavy atom. The molecule has 6 heteroatoms. The fourth-order valence-corrected chi connectivity index (χ4v) is 3.32. The first-order valence-electron chi connectivity index (χ1n) is 6.66. The topological polar surface area (TPSA) is 66.4 Å². The number of hydrogen-bond acceptors (Lipinski definition) is 6. The Labute approximate surface area is 112 Å². The van der Waals surface area contributed by atoms with E-state index in [0.717, 1.165) is 0 Å². The highest BCUT2D eigenvalue weighted by Gasteiger charge is 2.63. The highest BCUT2D eigenvalue weighted by atomic mass is 16.8. The highest BCUT2D eigenvalue weighted by Crippen LogP contribution is 2.45. The van der Waals surface area contributed by atoms with Gasteiger partial charge in [0.25, 0.3) is 0 Å². The van der Waals surface area contributed by atoms with Gasteiger partial charge in [0.05, 0.1) is 0 Å².